The van der Waals surface area contributed by atoms with E-state index in [0.29, 0.717) is 18.6 Å². The van der Waals surface area contributed by atoms with E-state index in [1.54, 1.807) is 12.7 Å². The van der Waals surface area contributed by atoms with Crippen molar-refractivity contribution in [2.45, 2.75) is 59.1 Å². The summed E-state index contributed by atoms with van der Waals surface area (Å²) in [6.07, 6.45) is 4.58. The highest BCUT2D eigenvalue weighted by Crippen LogP contribution is 2.34. The van der Waals surface area contributed by atoms with Crippen LogP contribution in [0.3, 0.4) is 0 Å². The van der Waals surface area contributed by atoms with E-state index in [1.165, 1.54) is 41.8 Å². The van der Waals surface area contributed by atoms with Crippen LogP contribution in [0.25, 0.3) is 5.57 Å². The molecule has 34 heavy (non-hydrogen) atoms. The van der Waals surface area contributed by atoms with Crippen LogP contribution in [0.2, 0.25) is 0 Å². The molecule has 0 N–H and O–H groups in total. The molecule has 2 aromatic rings. The molecule has 0 bridgehead atoms. The molecule has 184 valence electrons. The fourth-order valence-electron chi connectivity index (χ4n) is 5.41. The Kier molecular flexibility index (Phi) is 8.00. The number of hydrogen-bond donors (Lipinski definition) is 0. The normalized spacial score (nSPS) is 18.6. The van der Waals surface area contributed by atoms with Gasteiger partial charge < -0.3 is 14.4 Å². The van der Waals surface area contributed by atoms with E-state index in [4.69, 9.17) is 9.47 Å². The van der Waals surface area contributed by atoms with Crippen LogP contribution in [0.5, 0.6) is 11.5 Å². The largest absolute Gasteiger partial charge is 0.496 e. The molecule has 1 fully saturated rings. The van der Waals surface area contributed by atoms with E-state index in [9.17, 15) is 0 Å². The zero-order chi connectivity index (χ0) is 24.2. The fourth-order valence-corrected chi connectivity index (χ4v) is 5.41. The molecule has 0 radical (unpaired) electrons. The Morgan fingerprint density at radius 2 is 1.91 bits per heavy atom. The highest BCUT2D eigenvalue weighted by Gasteiger charge is 2.26. The Morgan fingerprint density at radius 3 is 2.62 bits per heavy atom. The number of nitrogens with zero attached hydrogens (tertiary/aromatic N) is 2. The minimum atomic E-state index is 0.520. The molecule has 1 heterocycles. The van der Waals surface area contributed by atoms with Crippen LogP contribution in [-0.4, -0.2) is 56.7 Å². The Bertz CT molecular complexity index is 1020. The van der Waals surface area contributed by atoms with Gasteiger partial charge in [-0.25, -0.2) is 0 Å². The second kappa shape index (κ2) is 11.0. The van der Waals surface area contributed by atoms with Crippen molar-refractivity contribution in [3.8, 4) is 11.5 Å². The summed E-state index contributed by atoms with van der Waals surface area (Å²) in [6.45, 7) is 10.8. The van der Waals surface area contributed by atoms with Crippen molar-refractivity contribution in [3.63, 3.8) is 0 Å². The van der Waals surface area contributed by atoms with E-state index < -0.39 is 0 Å². The average Bonchev–Trinajstić information content (AvgIpc) is 3.28. The van der Waals surface area contributed by atoms with Crippen LogP contribution in [0, 0.1) is 5.92 Å². The Balaban J connectivity index is 1.41. The third kappa shape index (κ3) is 5.84. The zero-order valence-electron chi connectivity index (χ0n) is 22.0. The first-order valence-corrected chi connectivity index (χ1v) is 12.8. The third-order valence-corrected chi connectivity index (χ3v) is 7.49. The summed E-state index contributed by atoms with van der Waals surface area (Å²) in [5.74, 6) is 2.49. The van der Waals surface area contributed by atoms with Crippen LogP contribution in [0.15, 0.2) is 42.0 Å². The minimum absolute atomic E-state index is 0.520. The molecule has 4 nitrogen and oxygen atoms in total. The van der Waals surface area contributed by atoms with Crippen LogP contribution in [0.4, 0.5) is 0 Å². The summed E-state index contributed by atoms with van der Waals surface area (Å²) in [5, 5.41) is 0. The summed E-state index contributed by atoms with van der Waals surface area (Å²) < 4.78 is 11.9. The molecule has 2 aliphatic rings. The maximum atomic E-state index is 6.22. The molecule has 0 amide bonds. The van der Waals surface area contributed by atoms with Gasteiger partial charge in [0.2, 0.25) is 0 Å². The lowest BCUT2D eigenvalue weighted by Crippen LogP contribution is -2.32. The summed E-state index contributed by atoms with van der Waals surface area (Å²) in [4.78, 5) is 5.00. The number of rotatable bonds is 9. The number of benzene rings is 2. The second-order valence-electron chi connectivity index (χ2n) is 10.7. The number of methoxy groups -OCH3 is 1. The molecule has 2 aromatic carbocycles. The fraction of sp³-hybridized carbons (Fsp3) is 0.533. The van der Waals surface area contributed by atoms with E-state index in [0.717, 1.165) is 42.9 Å². The van der Waals surface area contributed by atoms with Crippen LogP contribution >= 0.6 is 0 Å². The lowest BCUT2D eigenvalue weighted by molar-refractivity contribution is 0.277. The first-order chi connectivity index (χ1) is 16.3. The summed E-state index contributed by atoms with van der Waals surface area (Å²) in [5.41, 5.74) is 8.27. The van der Waals surface area contributed by atoms with Crippen molar-refractivity contribution in [2.24, 2.45) is 5.92 Å². The van der Waals surface area contributed by atoms with Crippen molar-refractivity contribution in [3.05, 3.63) is 64.2 Å². The van der Waals surface area contributed by atoms with Crippen molar-refractivity contribution in [1.82, 2.24) is 9.80 Å². The number of hydrogen-bond acceptors (Lipinski definition) is 4. The van der Waals surface area contributed by atoms with Crippen molar-refractivity contribution >= 4 is 5.57 Å². The monoisotopic (exact) mass is 462 g/mol. The molecule has 1 saturated heterocycles. The predicted octanol–water partition coefficient (Wildman–Crippen LogP) is 5.83. The van der Waals surface area contributed by atoms with Gasteiger partial charge in [0.1, 0.15) is 18.1 Å². The molecule has 0 spiro atoms. The number of fused-ring (bicyclic) bond motifs is 1. The number of aryl methyl sites for hydroxylation is 1. The minimum Gasteiger partial charge on any atom is -0.496 e. The van der Waals surface area contributed by atoms with Gasteiger partial charge in [-0.15, -0.1) is 0 Å². The SMILES string of the molecule is COc1cc(CC(C)C)ccc1COc1ccc2c(c1)CCC(CN1CC[C@H](N(C)C)C1)=C2C. The molecular formula is C30H42N2O2. The molecule has 1 aliphatic heterocycles. The van der Waals surface area contributed by atoms with Gasteiger partial charge in [0, 0.05) is 31.2 Å². The summed E-state index contributed by atoms with van der Waals surface area (Å²) >= 11 is 0. The number of likely N-dealkylation sites (tertiary alicyclic amines) is 1. The summed E-state index contributed by atoms with van der Waals surface area (Å²) in [7, 11) is 6.15. The van der Waals surface area contributed by atoms with E-state index in [1.807, 2.05) is 0 Å². The number of allylic oxidation sites excluding steroid dienone is 1. The van der Waals surface area contributed by atoms with Crippen LogP contribution in [0.1, 0.15) is 55.9 Å². The van der Waals surface area contributed by atoms with Crippen LogP contribution in [-0.2, 0) is 19.4 Å². The van der Waals surface area contributed by atoms with E-state index in [2.05, 4.69) is 81.1 Å². The van der Waals surface area contributed by atoms with E-state index in [-0.39, 0.29) is 0 Å². The lowest BCUT2D eigenvalue weighted by atomic mass is 9.86. The first-order valence-electron chi connectivity index (χ1n) is 12.8. The molecule has 4 heteroatoms. The van der Waals surface area contributed by atoms with Gasteiger partial charge in [0.05, 0.1) is 7.11 Å². The van der Waals surface area contributed by atoms with Crippen LogP contribution < -0.4 is 9.47 Å². The molecular weight excluding hydrogens is 420 g/mol. The van der Waals surface area contributed by atoms with Gasteiger partial charge in [0.25, 0.3) is 0 Å². The molecule has 0 aromatic heterocycles. The van der Waals surface area contributed by atoms with E-state index >= 15 is 0 Å². The Hall–Kier alpha value is -2.30. The van der Waals surface area contributed by atoms with Crippen molar-refractivity contribution < 1.29 is 9.47 Å². The van der Waals surface area contributed by atoms with Crippen molar-refractivity contribution in [1.29, 1.82) is 0 Å². The zero-order valence-corrected chi connectivity index (χ0v) is 22.0. The maximum absolute atomic E-state index is 6.22. The maximum Gasteiger partial charge on any atom is 0.125 e. The van der Waals surface area contributed by atoms with Crippen molar-refractivity contribution in [2.75, 3.05) is 40.8 Å². The number of likely N-dealkylation sites (N-methyl/N-ethyl adjacent to an activating group) is 1. The smallest absolute Gasteiger partial charge is 0.125 e. The van der Waals surface area contributed by atoms with Gasteiger partial charge in [0.15, 0.2) is 0 Å². The van der Waals surface area contributed by atoms with Gasteiger partial charge >= 0.3 is 0 Å². The molecule has 1 atom stereocenters. The highest BCUT2D eigenvalue weighted by atomic mass is 16.5. The average molecular weight is 463 g/mol. The summed E-state index contributed by atoms with van der Waals surface area (Å²) in [6, 6.07) is 13.8. The van der Waals surface area contributed by atoms with Gasteiger partial charge in [-0.2, -0.15) is 0 Å². The highest BCUT2D eigenvalue weighted by molar-refractivity contribution is 5.72. The first kappa shape index (κ1) is 24.8. The molecule has 0 saturated carbocycles. The lowest BCUT2D eigenvalue weighted by Gasteiger charge is -2.26. The Labute approximate surface area is 206 Å². The topological polar surface area (TPSA) is 24.9 Å². The molecule has 4 rings (SSSR count). The predicted molar refractivity (Wildman–Crippen MR) is 142 cm³/mol. The van der Waals surface area contributed by atoms with Gasteiger partial charge in [-0.1, -0.05) is 37.6 Å². The Morgan fingerprint density at radius 1 is 1.09 bits per heavy atom. The standard InChI is InChI=1S/C30H42N2O2/c1-21(2)15-23-7-8-26(30(16-23)33-6)20-34-28-11-12-29-22(3)25(10-9-24(29)17-28)18-32-14-13-27(19-32)31(4)5/h7-8,11-12,16-17,21,27H,9-10,13-15,18-20H2,1-6H3/t27-/m0/s1. The molecule has 0 unspecified atom stereocenters. The van der Waals surface area contributed by atoms with Gasteiger partial charge in [-0.05, 0) is 93.1 Å². The van der Waals surface area contributed by atoms with Gasteiger partial charge in [-0.3, -0.25) is 4.90 Å². The number of ether oxygens (including phenoxy) is 2. The quantitative estimate of drug-likeness (QED) is 0.468. The molecule has 1 aliphatic carbocycles. The third-order valence-electron chi connectivity index (χ3n) is 7.49. The second-order valence-corrected chi connectivity index (χ2v) is 10.7.